The third-order valence-corrected chi connectivity index (χ3v) is 4.18. The van der Waals surface area contributed by atoms with Crippen molar-refractivity contribution in [1.82, 2.24) is 4.90 Å². The highest BCUT2D eigenvalue weighted by molar-refractivity contribution is 5.37. The highest BCUT2D eigenvalue weighted by Crippen LogP contribution is 2.34. The van der Waals surface area contributed by atoms with E-state index in [2.05, 4.69) is 17.9 Å². The van der Waals surface area contributed by atoms with Gasteiger partial charge in [0.25, 0.3) is 0 Å². The summed E-state index contributed by atoms with van der Waals surface area (Å²) >= 11 is 0. The Hall–Kier alpha value is -1.14. The molecule has 0 radical (unpaired) electrons. The van der Waals surface area contributed by atoms with Crippen LogP contribution in [0.1, 0.15) is 24.9 Å². The number of aliphatic hydroxyl groups excluding tert-OH is 1. The van der Waals surface area contributed by atoms with E-state index in [-0.39, 0.29) is 24.7 Å². The SMILES string of the molecule is CCC(N)C(c1ccccc1OC)N1CCOCC1CO. The molecule has 1 aliphatic rings. The second-order valence-corrected chi connectivity index (χ2v) is 5.41. The molecular formula is C16H26N2O3. The fourth-order valence-corrected chi connectivity index (χ4v) is 2.98. The molecule has 0 saturated carbocycles. The summed E-state index contributed by atoms with van der Waals surface area (Å²) < 4.78 is 11.0. The normalized spacial score (nSPS) is 22.8. The number of nitrogens with two attached hydrogens (primary N) is 1. The molecule has 1 fully saturated rings. The van der Waals surface area contributed by atoms with Crippen molar-refractivity contribution in [3.63, 3.8) is 0 Å². The average molecular weight is 294 g/mol. The lowest BCUT2D eigenvalue weighted by atomic mass is 9.93. The van der Waals surface area contributed by atoms with Gasteiger partial charge in [-0.15, -0.1) is 0 Å². The second kappa shape index (κ2) is 7.75. The molecule has 1 aromatic rings. The van der Waals surface area contributed by atoms with Crippen LogP contribution in [0.3, 0.4) is 0 Å². The van der Waals surface area contributed by atoms with Crippen molar-refractivity contribution < 1.29 is 14.6 Å². The van der Waals surface area contributed by atoms with Crippen LogP contribution in [0, 0.1) is 0 Å². The monoisotopic (exact) mass is 294 g/mol. The van der Waals surface area contributed by atoms with E-state index in [1.54, 1.807) is 7.11 Å². The van der Waals surface area contributed by atoms with Crippen molar-refractivity contribution in [2.45, 2.75) is 31.5 Å². The lowest BCUT2D eigenvalue weighted by Gasteiger charge is -2.43. The molecule has 1 aromatic carbocycles. The van der Waals surface area contributed by atoms with Crippen molar-refractivity contribution in [3.05, 3.63) is 29.8 Å². The number of hydrogen-bond acceptors (Lipinski definition) is 5. The topological polar surface area (TPSA) is 68.0 Å². The van der Waals surface area contributed by atoms with E-state index < -0.39 is 0 Å². The zero-order valence-electron chi connectivity index (χ0n) is 12.9. The first-order valence-electron chi connectivity index (χ1n) is 7.55. The molecule has 2 rings (SSSR count). The quantitative estimate of drug-likeness (QED) is 0.824. The van der Waals surface area contributed by atoms with Crippen molar-refractivity contribution >= 4 is 0 Å². The Morgan fingerprint density at radius 1 is 1.48 bits per heavy atom. The minimum atomic E-state index is -0.0220. The number of morpholine rings is 1. The average Bonchev–Trinajstić information content (AvgIpc) is 2.55. The zero-order valence-corrected chi connectivity index (χ0v) is 12.9. The van der Waals surface area contributed by atoms with Crippen LogP contribution in [0.15, 0.2) is 24.3 Å². The van der Waals surface area contributed by atoms with Gasteiger partial charge in [0.2, 0.25) is 0 Å². The third-order valence-electron chi connectivity index (χ3n) is 4.18. The first kappa shape index (κ1) is 16.2. The van der Waals surface area contributed by atoms with E-state index >= 15 is 0 Å². The number of methoxy groups -OCH3 is 1. The van der Waals surface area contributed by atoms with Gasteiger partial charge in [-0.1, -0.05) is 25.1 Å². The van der Waals surface area contributed by atoms with E-state index in [1.165, 1.54) is 0 Å². The van der Waals surface area contributed by atoms with Crippen LogP contribution in [0.25, 0.3) is 0 Å². The maximum Gasteiger partial charge on any atom is 0.123 e. The summed E-state index contributed by atoms with van der Waals surface area (Å²) in [4.78, 5) is 2.26. The van der Waals surface area contributed by atoms with Crippen molar-refractivity contribution in [2.75, 3.05) is 33.5 Å². The molecule has 5 heteroatoms. The molecule has 5 nitrogen and oxygen atoms in total. The lowest BCUT2D eigenvalue weighted by molar-refractivity contribution is -0.0531. The van der Waals surface area contributed by atoms with Crippen molar-refractivity contribution in [3.8, 4) is 5.75 Å². The van der Waals surface area contributed by atoms with Crippen molar-refractivity contribution in [1.29, 1.82) is 0 Å². The molecule has 0 bridgehead atoms. The van der Waals surface area contributed by atoms with Gasteiger partial charge in [-0.3, -0.25) is 4.90 Å². The molecule has 1 heterocycles. The molecule has 21 heavy (non-hydrogen) atoms. The van der Waals surface area contributed by atoms with Gasteiger partial charge in [0.15, 0.2) is 0 Å². The molecular weight excluding hydrogens is 268 g/mol. The summed E-state index contributed by atoms with van der Waals surface area (Å²) in [7, 11) is 1.68. The van der Waals surface area contributed by atoms with Crippen LogP contribution >= 0.6 is 0 Å². The first-order chi connectivity index (χ1) is 10.2. The van der Waals surface area contributed by atoms with Gasteiger partial charge < -0.3 is 20.3 Å². The Labute approximate surface area is 126 Å². The minimum Gasteiger partial charge on any atom is -0.496 e. The Balaban J connectivity index is 2.37. The van der Waals surface area contributed by atoms with Crippen LogP contribution < -0.4 is 10.5 Å². The molecule has 0 aliphatic carbocycles. The van der Waals surface area contributed by atoms with Crippen molar-refractivity contribution in [2.24, 2.45) is 5.73 Å². The lowest BCUT2D eigenvalue weighted by Crippen LogP contribution is -2.53. The molecule has 3 N–H and O–H groups in total. The second-order valence-electron chi connectivity index (χ2n) is 5.41. The highest BCUT2D eigenvalue weighted by atomic mass is 16.5. The van der Waals surface area contributed by atoms with Crippen LogP contribution in [0.2, 0.25) is 0 Å². The standard InChI is InChI=1S/C16H26N2O3/c1-3-14(17)16(13-6-4-5-7-15(13)20-2)18-8-9-21-11-12(18)10-19/h4-7,12,14,16,19H,3,8-11,17H2,1-2H3. The van der Waals surface area contributed by atoms with Gasteiger partial charge >= 0.3 is 0 Å². The molecule has 1 saturated heterocycles. The van der Waals surface area contributed by atoms with Crippen LogP contribution in [0.4, 0.5) is 0 Å². The van der Waals surface area contributed by atoms with Crippen LogP contribution in [0.5, 0.6) is 5.75 Å². The summed E-state index contributed by atoms with van der Waals surface area (Å²) in [6.07, 6.45) is 0.859. The van der Waals surface area contributed by atoms with Gasteiger partial charge in [0, 0.05) is 18.2 Å². The molecule has 0 aromatic heterocycles. The van der Waals surface area contributed by atoms with Gasteiger partial charge in [0.1, 0.15) is 5.75 Å². The Morgan fingerprint density at radius 3 is 2.90 bits per heavy atom. The number of ether oxygens (including phenoxy) is 2. The summed E-state index contributed by atoms with van der Waals surface area (Å²) in [6.45, 7) is 4.13. The van der Waals surface area contributed by atoms with Gasteiger partial charge in [-0.05, 0) is 12.5 Å². The summed E-state index contributed by atoms with van der Waals surface area (Å²) in [5.41, 5.74) is 7.48. The summed E-state index contributed by atoms with van der Waals surface area (Å²) in [5.74, 6) is 0.842. The summed E-state index contributed by atoms with van der Waals surface area (Å²) in [5, 5.41) is 9.64. The maximum atomic E-state index is 9.64. The first-order valence-corrected chi connectivity index (χ1v) is 7.55. The molecule has 3 unspecified atom stereocenters. The summed E-state index contributed by atoms with van der Waals surface area (Å²) in [6, 6.07) is 7.95. The van der Waals surface area contributed by atoms with Crippen LogP contribution in [-0.4, -0.2) is 55.6 Å². The zero-order chi connectivity index (χ0) is 15.2. The Kier molecular flexibility index (Phi) is 5.99. The van der Waals surface area contributed by atoms with E-state index in [4.69, 9.17) is 15.2 Å². The minimum absolute atomic E-state index is 0.0200. The number of hydrogen-bond donors (Lipinski definition) is 2. The Bertz CT molecular complexity index is 441. The van der Waals surface area contributed by atoms with E-state index in [0.717, 1.165) is 24.3 Å². The predicted molar refractivity (Wildman–Crippen MR) is 82.4 cm³/mol. The third kappa shape index (κ3) is 3.55. The smallest absolute Gasteiger partial charge is 0.123 e. The largest absolute Gasteiger partial charge is 0.496 e. The molecule has 3 atom stereocenters. The fraction of sp³-hybridized carbons (Fsp3) is 0.625. The maximum absolute atomic E-state index is 9.64. The Morgan fingerprint density at radius 2 is 2.24 bits per heavy atom. The highest BCUT2D eigenvalue weighted by Gasteiger charge is 2.34. The molecule has 1 aliphatic heterocycles. The molecule has 0 amide bonds. The van der Waals surface area contributed by atoms with Crippen LogP contribution in [-0.2, 0) is 4.74 Å². The van der Waals surface area contributed by atoms with Gasteiger partial charge in [-0.2, -0.15) is 0 Å². The number of aliphatic hydroxyl groups is 1. The van der Waals surface area contributed by atoms with E-state index in [1.807, 2.05) is 18.2 Å². The van der Waals surface area contributed by atoms with Gasteiger partial charge in [-0.25, -0.2) is 0 Å². The van der Waals surface area contributed by atoms with E-state index in [9.17, 15) is 5.11 Å². The number of para-hydroxylation sites is 1. The number of rotatable bonds is 6. The van der Waals surface area contributed by atoms with Gasteiger partial charge in [0.05, 0.1) is 39.0 Å². The fourth-order valence-electron chi connectivity index (χ4n) is 2.98. The number of benzene rings is 1. The molecule has 0 spiro atoms. The predicted octanol–water partition coefficient (Wildman–Crippen LogP) is 1.17. The molecule has 118 valence electrons. The number of nitrogens with zero attached hydrogens (tertiary/aromatic N) is 1. The van der Waals surface area contributed by atoms with E-state index in [0.29, 0.717) is 13.2 Å².